The number of aromatic nitrogens is 3. The van der Waals surface area contributed by atoms with Gasteiger partial charge in [0.05, 0.1) is 5.69 Å². The first-order valence-corrected chi connectivity index (χ1v) is 7.38. The zero-order valence-corrected chi connectivity index (χ0v) is 11.3. The third kappa shape index (κ3) is 1.69. The van der Waals surface area contributed by atoms with E-state index in [4.69, 9.17) is 5.73 Å². The Labute approximate surface area is 114 Å². The summed E-state index contributed by atoms with van der Waals surface area (Å²) in [5.41, 5.74) is 10.8. The number of hydrogen-bond donors (Lipinski definition) is 1. The van der Waals surface area contributed by atoms with Crippen molar-refractivity contribution in [3.63, 3.8) is 0 Å². The molecule has 1 aliphatic carbocycles. The number of thiazole rings is 1. The lowest BCUT2D eigenvalue weighted by molar-refractivity contribution is 0.868. The van der Waals surface area contributed by atoms with Gasteiger partial charge in [-0.05, 0) is 36.5 Å². The third-order valence-electron chi connectivity index (χ3n) is 3.72. The first kappa shape index (κ1) is 11.1. The third-order valence-corrected chi connectivity index (χ3v) is 4.58. The van der Waals surface area contributed by atoms with E-state index in [-0.39, 0.29) is 0 Å². The quantitative estimate of drug-likeness (QED) is 0.778. The summed E-state index contributed by atoms with van der Waals surface area (Å²) < 4.78 is 1.85. The maximum absolute atomic E-state index is 5.70. The fraction of sp³-hybridized carbons (Fsp3) is 0.286. The van der Waals surface area contributed by atoms with E-state index in [9.17, 15) is 0 Å². The van der Waals surface area contributed by atoms with Crippen molar-refractivity contribution < 1.29 is 0 Å². The van der Waals surface area contributed by atoms with Crippen LogP contribution in [0.1, 0.15) is 23.2 Å². The molecule has 3 aromatic rings. The minimum Gasteiger partial charge on any atom is -0.325 e. The molecule has 0 fully saturated rings. The van der Waals surface area contributed by atoms with Gasteiger partial charge in [-0.25, -0.2) is 4.52 Å². The van der Waals surface area contributed by atoms with Crippen LogP contribution in [-0.4, -0.2) is 14.6 Å². The second-order valence-electron chi connectivity index (χ2n) is 4.90. The molecule has 2 heterocycles. The molecule has 0 saturated heterocycles. The van der Waals surface area contributed by atoms with E-state index in [1.54, 1.807) is 11.3 Å². The Morgan fingerprint density at radius 3 is 3.05 bits per heavy atom. The number of nitrogens with two attached hydrogens (primary N) is 1. The molecule has 0 amide bonds. The number of fused-ring (bicyclic) bond motifs is 2. The second-order valence-corrected chi connectivity index (χ2v) is 5.73. The summed E-state index contributed by atoms with van der Waals surface area (Å²) in [5.74, 6) is 0.802. The Morgan fingerprint density at radius 1 is 1.26 bits per heavy atom. The van der Waals surface area contributed by atoms with Crippen molar-refractivity contribution in [3.8, 4) is 11.4 Å². The van der Waals surface area contributed by atoms with Gasteiger partial charge in [-0.1, -0.05) is 12.1 Å². The molecule has 4 nitrogen and oxygen atoms in total. The topological polar surface area (TPSA) is 56.2 Å². The van der Waals surface area contributed by atoms with Crippen LogP contribution in [0.3, 0.4) is 0 Å². The number of aryl methyl sites for hydroxylation is 2. The molecule has 2 aromatic heterocycles. The van der Waals surface area contributed by atoms with Gasteiger partial charge in [0.1, 0.15) is 0 Å². The molecule has 0 spiro atoms. The summed E-state index contributed by atoms with van der Waals surface area (Å²) in [7, 11) is 0. The molecular weight excluding hydrogens is 256 g/mol. The lowest BCUT2D eigenvalue weighted by Gasteiger charge is -2.01. The van der Waals surface area contributed by atoms with Crippen LogP contribution < -0.4 is 5.73 Å². The summed E-state index contributed by atoms with van der Waals surface area (Å²) in [6.07, 6.45) is 3.65. The van der Waals surface area contributed by atoms with Crippen LogP contribution in [0.25, 0.3) is 16.3 Å². The summed E-state index contributed by atoms with van der Waals surface area (Å²) >= 11 is 1.59. The number of rotatable bonds is 2. The van der Waals surface area contributed by atoms with E-state index < -0.39 is 0 Å². The van der Waals surface area contributed by atoms with Crippen molar-refractivity contribution in [2.24, 2.45) is 5.73 Å². The van der Waals surface area contributed by atoms with E-state index in [2.05, 4.69) is 28.3 Å². The fourth-order valence-corrected chi connectivity index (χ4v) is 3.53. The number of benzene rings is 1. The van der Waals surface area contributed by atoms with Crippen molar-refractivity contribution in [1.29, 1.82) is 0 Å². The summed E-state index contributed by atoms with van der Waals surface area (Å²) in [5, 5.41) is 6.59. The Kier molecular flexibility index (Phi) is 2.43. The lowest BCUT2D eigenvalue weighted by atomic mass is 10.1. The minimum absolute atomic E-state index is 0.493. The van der Waals surface area contributed by atoms with Gasteiger partial charge >= 0.3 is 0 Å². The zero-order chi connectivity index (χ0) is 12.8. The molecule has 2 N–H and O–H groups in total. The van der Waals surface area contributed by atoms with Gasteiger partial charge in [0, 0.05) is 17.5 Å². The van der Waals surface area contributed by atoms with E-state index in [1.165, 1.54) is 30.4 Å². The van der Waals surface area contributed by atoms with E-state index >= 15 is 0 Å². The Balaban J connectivity index is 1.83. The van der Waals surface area contributed by atoms with Gasteiger partial charge in [0.25, 0.3) is 0 Å². The monoisotopic (exact) mass is 270 g/mol. The van der Waals surface area contributed by atoms with E-state index in [0.717, 1.165) is 22.0 Å². The molecule has 0 atom stereocenters. The molecule has 4 rings (SSSR count). The highest BCUT2D eigenvalue weighted by Gasteiger charge is 2.15. The van der Waals surface area contributed by atoms with Crippen LogP contribution in [0.2, 0.25) is 0 Å². The van der Waals surface area contributed by atoms with E-state index in [0.29, 0.717) is 6.54 Å². The van der Waals surface area contributed by atoms with Gasteiger partial charge in [0.15, 0.2) is 5.82 Å². The second kappa shape index (κ2) is 4.15. The van der Waals surface area contributed by atoms with Crippen molar-refractivity contribution in [1.82, 2.24) is 14.6 Å². The molecule has 96 valence electrons. The SMILES string of the molecule is NCc1csc2nc(-c3ccc4c(c3)CCC4)nn12. The zero-order valence-electron chi connectivity index (χ0n) is 10.5. The predicted octanol–water partition coefficient (Wildman–Crippen LogP) is 2.41. The Hall–Kier alpha value is -1.72. The predicted molar refractivity (Wildman–Crippen MR) is 76.2 cm³/mol. The van der Waals surface area contributed by atoms with Crippen molar-refractivity contribution >= 4 is 16.3 Å². The first-order chi connectivity index (χ1) is 9.35. The molecule has 5 heteroatoms. The maximum atomic E-state index is 5.70. The largest absolute Gasteiger partial charge is 0.325 e. The van der Waals surface area contributed by atoms with Crippen molar-refractivity contribution in [2.45, 2.75) is 25.8 Å². The molecule has 0 radical (unpaired) electrons. The highest BCUT2D eigenvalue weighted by Crippen LogP contribution is 2.27. The number of hydrogen-bond acceptors (Lipinski definition) is 4. The molecular formula is C14H14N4S. The van der Waals surface area contributed by atoms with Crippen LogP contribution in [0, 0.1) is 0 Å². The van der Waals surface area contributed by atoms with Gasteiger partial charge in [-0.15, -0.1) is 16.4 Å². The summed E-state index contributed by atoms with van der Waals surface area (Å²) in [6.45, 7) is 0.493. The van der Waals surface area contributed by atoms with Gasteiger partial charge in [-0.3, -0.25) is 0 Å². The van der Waals surface area contributed by atoms with Crippen LogP contribution in [0.5, 0.6) is 0 Å². The molecule has 1 aliphatic rings. The van der Waals surface area contributed by atoms with Crippen LogP contribution in [0.4, 0.5) is 0 Å². The minimum atomic E-state index is 0.493. The highest BCUT2D eigenvalue weighted by molar-refractivity contribution is 7.15. The molecule has 1 aromatic carbocycles. The standard InChI is InChI=1S/C14H14N4S/c15-7-12-8-19-14-16-13(17-18(12)14)11-5-4-9-2-1-3-10(9)6-11/h4-6,8H,1-3,7,15H2. The van der Waals surface area contributed by atoms with Gasteiger partial charge in [0.2, 0.25) is 4.96 Å². The first-order valence-electron chi connectivity index (χ1n) is 6.50. The number of nitrogens with zero attached hydrogens (tertiary/aromatic N) is 3. The van der Waals surface area contributed by atoms with Crippen LogP contribution in [0.15, 0.2) is 23.6 Å². The molecule has 0 aliphatic heterocycles. The van der Waals surface area contributed by atoms with Gasteiger partial charge in [-0.2, -0.15) is 4.98 Å². The lowest BCUT2D eigenvalue weighted by Crippen LogP contribution is -2.01. The normalized spacial score (nSPS) is 14.2. The van der Waals surface area contributed by atoms with Gasteiger partial charge < -0.3 is 5.73 Å². The van der Waals surface area contributed by atoms with E-state index in [1.807, 2.05) is 9.90 Å². The molecule has 0 saturated carbocycles. The summed E-state index contributed by atoms with van der Waals surface area (Å²) in [6, 6.07) is 6.59. The Bertz CT molecular complexity index is 756. The van der Waals surface area contributed by atoms with Crippen LogP contribution in [-0.2, 0) is 19.4 Å². The average Bonchev–Trinajstić information content (AvgIpc) is 3.12. The fourth-order valence-electron chi connectivity index (χ4n) is 2.70. The highest BCUT2D eigenvalue weighted by atomic mass is 32.1. The summed E-state index contributed by atoms with van der Waals surface area (Å²) in [4.78, 5) is 5.50. The molecule has 0 bridgehead atoms. The Morgan fingerprint density at radius 2 is 2.16 bits per heavy atom. The molecule has 0 unspecified atom stereocenters. The molecule has 19 heavy (non-hydrogen) atoms. The average molecular weight is 270 g/mol. The van der Waals surface area contributed by atoms with Crippen LogP contribution >= 0.6 is 11.3 Å². The van der Waals surface area contributed by atoms with Crippen molar-refractivity contribution in [2.75, 3.05) is 0 Å². The van der Waals surface area contributed by atoms with Crippen molar-refractivity contribution in [3.05, 3.63) is 40.4 Å². The smallest absolute Gasteiger partial charge is 0.212 e. The maximum Gasteiger partial charge on any atom is 0.212 e.